The molecule has 3 rings (SSSR count). The highest BCUT2D eigenvalue weighted by atomic mass is 16.5. The fourth-order valence-corrected chi connectivity index (χ4v) is 2.97. The zero-order valence-corrected chi connectivity index (χ0v) is 15.8. The molecule has 0 saturated carbocycles. The summed E-state index contributed by atoms with van der Waals surface area (Å²) in [4.78, 5) is 33.4. The number of benzene rings is 1. The molecule has 2 amide bonds. The van der Waals surface area contributed by atoms with E-state index in [1.807, 2.05) is 4.90 Å². The van der Waals surface area contributed by atoms with E-state index in [4.69, 9.17) is 10.5 Å². The molecule has 2 heterocycles. The number of methoxy groups -OCH3 is 1. The first kappa shape index (κ1) is 19.4. The van der Waals surface area contributed by atoms with Crippen molar-refractivity contribution in [3.05, 3.63) is 36.0 Å². The Hall–Kier alpha value is -3.36. The molecule has 4 N–H and O–H groups in total. The maximum atomic E-state index is 11.6. The van der Waals surface area contributed by atoms with E-state index >= 15 is 0 Å². The van der Waals surface area contributed by atoms with E-state index in [0.717, 1.165) is 31.6 Å². The SMILES string of the molecule is COc1cnc(Nc2ccc(C(N)=O)cc2)nc1NCCCN1CCCC1=O. The summed E-state index contributed by atoms with van der Waals surface area (Å²) in [6.45, 7) is 2.23. The van der Waals surface area contributed by atoms with Gasteiger partial charge in [-0.2, -0.15) is 4.98 Å². The zero-order chi connectivity index (χ0) is 19.9. The van der Waals surface area contributed by atoms with Crippen LogP contribution >= 0.6 is 0 Å². The molecule has 148 valence electrons. The smallest absolute Gasteiger partial charge is 0.248 e. The van der Waals surface area contributed by atoms with Crippen LogP contribution in [0.15, 0.2) is 30.5 Å². The van der Waals surface area contributed by atoms with Gasteiger partial charge in [0.2, 0.25) is 17.8 Å². The standard InChI is InChI=1S/C19H24N6O3/c1-28-15-12-22-19(23-14-7-5-13(6-8-14)17(20)27)24-18(15)21-9-3-11-25-10-2-4-16(25)26/h5-8,12H,2-4,9-11H2,1H3,(H2,20,27)(H2,21,22,23,24). The van der Waals surface area contributed by atoms with Crippen molar-refractivity contribution in [2.45, 2.75) is 19.3 Å². The fraction of sp³-hybridized carbons (Fsp3) is 0.368. The van der Waals surface area contributed by atoms with Gasteiger partial charge in [-0.05, 0) is 37.1 Å². The molecule has 0 unspecified atom stereocenters. The van der Waals surface area contributed by atoms with Crippen molar-refractivity contribution in [1.29, 1.82) is 0 Å². The van der Waals surface area contributed by atoms with E-state index in [2.05, 4.69) is 20.6 Å². The Balaban J connectivity index is 1.59. The number of carbonyl (C=O) groups excluding carboxylic acids is 2. The van der Waals surface area contributed by atoms with Crippen molar-refractivity contribution in [3.63, 3.8) is 0 Å². The van der Waals surface area contributed by atoms with E-state index in [-0.39, 0.29) is 5.91 Å². The largest absolute Gasteiger partial charge is 0.491 e. The molecule has 1 aliphatic rings. The summed E-state index contributed by atoms with van der Waals surface area (Å²) >= 11 is 0. The highest BCUT2D eigenvalue weighted by Crippen LogP contribution is 2.23. The number of carbonyl (C=O) groups is 2. The number of amides is 2. The first-order valence-electron chi connectivity index (χ1n) is 9.16. The number of nitrogens with two attached hydrogens (primary N) is 1. The Morgan fingerprint density at radius 1 is 1.32 bits per heavy atom. The number of ether oxygens (including phenoxy) is 1. The van der Waals surface area contributed by atoms with Crippen LogP contribution in [0, 0.1) is 0 Å². The summed E-state index contributed by atoms with van der Waals surface area (Å²) in [6.07, 6.45) is 4.00. The van der Waals surface area contributed by atoms with Crippen LogP contribution in [0.4, 0.5) is 17.5 Å². The molecule has 1 aromatic carbocycles. The average Bonchev–Trinajstić information content (AvgIpc) is 3.10. The number of hydrogen-bond acceptors (Lipinski definition) is 7. The summed E-state index contributed by atoms with van der Waals surface area (Å²) in [6, 6.07) is 6.72. The minimum absolute atomic E-state index is 0.230. The molecule has 1 aliphatic heterocycles. The fourth-order valence-electron chi connectivity index (χ4n) is 2.97. The maximum absolute atomic E-state index is 11.6. The topological polar surface area (TPSA) is 122 Å². The van der Waals surface area contributed by atoms with Crippen LogP contribution in [-0.2, 0) is 4.79 Å². The van der Waals surface area contributed by atoms with E-state index in [0.29, 0.717) is 36.0 Å². The van der Waals surface area contributed by atoms with Crippen LogP contribution < -0.4 is 21.1 Å². The second-order valence-electron chi connectivity index (χ2n) is 6.44. The van der Waals surface area contributed by atoms with Crippen LogP contribution in [-0.4, -0.2) is 53.4 Å². The van der Waals surface area contributed by atoms with E-state index in [1.165, 1.54) is 0 Å². The van der Waals surface area contributed by atoms with Crippen molar-refractivity contribution in [2.24, 2.45) is 5.73 Å². The van der Waals surface area contributed by atoms with Gasteiger partial charge in [-0.25, -0.2) is 4.98 Å². The van der Waals surface area contributed by atoms with Crippen LogP contribution in [0.3, 0.4) is 0 Å². The highest BCUT2D eigenvalue weighted by Gasteiger charge is 2.19. The van der Waals surface area contributed by atoms with Gasteiger partial charge in [0.15, 0.2) is 11.6 Å². The number of primary amides is 1. The Labute approximate surface area is 163 Å². The van der Waals surface area contributed by atoms with Crippen LogP contribution in [0.25, 0.3) is 0 Å². The second kappa shape index (κ2) is 9.03. The van der Waals surface area contributed by atoms with Gasteiger partial charge in [-0.15, -0.1) is 0 Å². The quantitative estimate of drug-likeness (QED) is 0.563. The van der Waals surface area contributed by atoms with Gasteiger partial charge in [0, 0.05) is 37.3 Å². The third-order valence-corrected chi connectivity index (χ3v) is 4.47. The van der Waals surface area contributed by atoms with Crippen LogP contribution in [0.5, 0.6) is 5.75 Å². The minimum atomic E-state index is -0.477. The molecular formula is C19H24N6O3. The Morgan fingerprint density at radius 2 is 2.11 bits per heavy atom. The highest BCUT2D eigenvalue weighted by molar-refractivity contribution is 5.93. The second-order valence-corrected chi connectivity index (χ2v) is 6.44. The Kier molecular flexibility index (Phi) is 6.25. The lowest BCUT2D eigenvalue weighted by Crippen LogP contribution is -2.27. The third kappa shape index (κ3) is 4.87. The molecule has 1 fully saturated rings. The molecule has 1 aromatic heterocycles. The van der Waals surface area contributed by atoms with E-state index < -0.39 is 5.91 Å². The van der Waals surface area contributed by atoms with Gasteiger partial charge in [0.05, 0.1) is 13.3 Å². The monoisotopic (exact) mass is 384 g/mol. The molecule has 0 bridgehead atoms. The minimum Gasteiger partial charge on any atom is -0.491 e. The molecule has 0 aliphatic carbocycles. The number of hydrogen-bond donors (Lipinski definition) is 3. The normalized spacial score (nSPS) is 13.5. The summed E-state index contributed by atoms with van der Waals surface area (Å²) in [5.41, 5.74) is 6.41. The summed E-state index contributed by atoms with van der Waals surface area (Å²) in [5.74, 6) is 1.25. The molecule has 9 heteroatoms. The van der Waals surface area contributed by atoms with Crippen LogP contribution in [0.1, 0.15) is 29.6 Å². The molecule has 0 radical (unpaired) electrons. The average molecular weight is 384 g/mol. The first-order valence-corrected chi connectivity index (χ1v) is 9.16. The van der Waals surface area contributed by atoms with Gasteiger partial charge in [-0.3, -0.25) is 9.59 Å². The molecule has 28 heavy (non-hydrogen) atoms. The summed E-state index contributed by atoms with van der Waals surface area (Å²) < 4.78 is 5.31. The number of likely N-dealkylation sites (tertiary alicyclic amines) is 1. The molecular weight excluding hydrogens is 360 g/mol. The van der Waals surface area contributed by atoms with Gasteiger partial charge < -0.3 is 26.0 Å². The molecule has 2 aromatic rings. The van der Waals surface area contributed by atoms with Crippen molar-refractivity contribution in [2.75, 3.05) is 37.4 Å². The third-order valence-electron chi connectivity index (χ3n) is 4.47. The van der Waals surface area contributed by atoms with Gasteiger partial charge in [-0.1, -0.05) is 0 Å². The first-order chi connectivity index (χ1) is 13.6. The number of anilines is 3. The lowest BCUT2D eigenvalue weighted by molar-refractivity contribution is -0.127. The molecule has 0 spiro atoms. The molecule has 1 saturated heterocycles. The number of aromatic nitrogens is 2. The van der Waals surface area contributed by atoms with Gasteiger partial charge >= 0.3 is 0 Å². The Morgan fingerprint density at radius 3 is 2.75 bits per heavy atom. The lowest BCUT2D eigenvalue weighted by atomic mass is 10.2. The van der Waals surface area contributed by atoms with Crippen LogP contribution in [0.2, 0.25) is 0 Å². The number of nitrogens with zero attached hydrogens (tertiary/aromatic N) is 3. The predicted molar refractivity (Wildman–Crippen MR) is 106 cm³/mol. The van der Waals surface area contributed by atoms with Crippen molar-refractivity contribution in [1.82, 2.24) is 14.9 Å². The van der Waals surface area contributed by atoms with Gasteiger partial charge in [0.1, 0.15) is 0 Å². The summed E-state index contributed by atoms with van der Waals surface area (Å²) in [7, 11) is 1.56. The molecule has 0 atom stereocenters. The number of nitrogens with one attached hydrogen (secondary N) is 2. The predicted octanol–water partition coefficient (Wildman–Crippen LogP) is 1.75. The van der Waals surface area contributed by atoms with Crippen molar-refractivity contribution < 1.29 is 14.3 Å². The number of rotatable bonds is 9. The molecule has 9 nitrogen and oxygen atoms in total. The van der Waals surface area contributed by atoms with Gasteiger partial charge in [0.25, 0.3) is 0 Å². The van der Waals surface area contributed by atoms with E-state index in [9.17, 15) is 9.59 Å². The Bertz CT molecular complexity index is 840. The van der Waals surface area contributed by atoms with Crippen molar-refractivity contribution >= 4 is 29.3 Å². The van der Waals surface area contributed by atoms with E-state index in [1.54, 1.807) is 37.6 Å². The summed E-state index contributed by atoms with van der Waals surface area (Å²) in [5, 5.41) is 6.32. The lowest BCUT2D eigenvalue weighted by Gasteiger charge is -2.16. The zero-order valence-electron chi connectivity index (χ0n) is 15.8. The maximum Gasteiger partial charge on any atom is 0.248 e. The van der Waals surface area contributed by atoms with Crippen molar-refractivity contribution in [3.8, 4) is 5.75 Å².